The van der Waals surface area contributed by atoms with Gasteiger partial charge in [0.15, 0.2) is 5.82 Å². The first-order valence-corrected chi connectivity index (χ1v) is 7.83. The van der Waals surface area contributed by atoms with Gasteiger partial charge in [-0.05, 0) is 13.0 Å². The summed E-state index contributed by atoms with van der Waals surface area (Å²) in [4.78, 5) is 4.38. The van der Waals surface area contributed by atoms with E-state index in [-0.39, 0.29) is 12.0 Å². The standard InChI is InChI=1S/C17H25N3O3/c1-11(2)17-19-16(23-20-17)8-9-18-12(3)14-7-6-13(21-4)10-15(14)22-5/h6-7,10-12,18H,8-9H2,1-5H3. The highest BCUT2D eigenvalue weighted by Gasteiger charge is 2.13. The Hall–Kier alpha value is -2.08. The number of ether oxygens (including phenoxy) is 2. The van der Waals surface area contributed by atoms with Crippen LogP contribution in [0.1, 0.15) is 50.0 Å². The van der Waals surface area contributed by atoms with Gasteiger partial charge >= 0.3 is 0 Å². The van der Waals surface area contributed by atoms with E-state index in [9.17, 15) is 0 Å². The average Bonchev–Trinajstić information content (AvgIpc) is 3.03. The van der Waals surface area contributed by atoms with Crippen molar-refractivity contribution in [3.8, 4) is 11.5 Å². The van der Waals surface area contributed by atoms with Gasteiger partial charge in [0.1, 0.15) is 11.5 Å². The molecule has 1 heterocycles. The lowest BCUT2D eigenvalue weighted by molar-refractivity contribution is 0.365. The van der Waals surface area contributed by atoms with Crippen molar-refractivity contribution in [2.24, 2.45) is 0 Å². The van der Waals surface area contributed by atoms with E-state index in [2.05, 4.69) is 22.4 Å². The summed E-state index contributed by atoms with van der Waals surface area (Å²) in [6.07, 6.45) is 0.697. The topological polar surface area (TPSA) is 69.4 Å². The third-order valence-corrected chi connectivity index (χ3v) is 3.70. The monoisotopic (exact) mass is 319 g/mol. The fraction of sp³-hybridized carbons (Fsp3) is 0.529. The van der Waals surface area contributed by atoms with E-state index in [0.717, 1.165) is 29.4 Å². The van der Waals surface area contributed by atoms with E-state index in [0.29, 0.717) is 12.3 Å². The maximum atomic E-state index is 5.44. The molecule has 0 aliphatic rings. The molecule has 23 heavy (non-hydrogen) atoms. The van der Waals surface area contributed by atoms with Gasteiger partial charge < -0.3 is 19.3 Å². The lowest BCUT2D eigenvalue weighted by Crippen LogP contribution is -2.22. The minimum Gasteiger partial charge on any atom is -0.497 e. The number of hydrogen-bond donors (Lipinski definition) is 1. The zero-order chi connectivity index (χ0) is 16.8. The minimum absolute atomic E-state index is 0.142. The van der Waals surface area contributed by atoms with Crippen LogP contribution in [0.3, 0.4) is 0 Å². The van der Waals surface area contributed by atoms with Crippen molar-refractivity contribution >= 4 is 0 Å². The van der Waals surface area contributed by atoms with E-state index in [1.807, 2.05) is 32.0 Å². The lowest BCUT2D eigenvalue weighted by Gasteiger charge is -2.17. The fourth-order valence-electron chi connectivity index (χ4n) is 2.29. The molecule has 1 aromatic carbocycles. The van der Waals surface area contributed by atoms with Gasteiger partial charge in [-0.25, -0.2) is 0 Å². The Kier molecular flexibility index (Phi) is 5.98. The number of nitrogens with zero attached hydrogens (tertiary/aromatic N) is 2. The molecule has 0 fully saturated rings. The van der Waals surface area contributed by atoms with E-state index in [1.165, 1.54) is 0 Å². The molecule has 0 amide bonds. The molecule has 1 N–H and O–H groups in total. The summed E-state index contributed by atoms with van der Waals surface area (Å²) in [5.74, 6) is 3.29. The van der Waals surface area contributed by atoms with Crippen LogP contribution in [0.25, 0.3) is 0 Å². The number of nitrogens with one attached hydrogen (secondary N) is 1. The van der Waals surface area contributed by atoms with Gasteiger partial charge in [-0.15, -0.1) is 0 Å². The van der Waals surface area contributed by atoms with Crippen LogP contribution in [0, 0.1) is 0 Å². The molecular weight excluding hydrogens is 294 g/mol. The van der Waals surface area contributed by atoms with Crippen LogP contribution in [0.4, 0.5) is 0 Å². The van der Waals surface area contributed by atoms with Gasteiger partial charge in [0.05, 0.1) is 14.2 Å². The van der Waals surface area contributed by atoms with Gasteiger partial charge in [-0.1, -0.05) is 25.1 Å². The second kappa shape index (κ2) is 7.97. The predicted molar refractivity (Wildman–Crippen MR) is 88.1 cm³/mol. The van der Waals surface area contributed by atoms with E-state index >= 15 is 0 Å². The third-order valence-electron chi connectivity index (χ3n) is 3.70. The molecule has 1 atom stereocenters. The smallest absolute Gasteiger partial charge is 0.227 e. The zero-order valence-corrected chi connectivity index (χ0v) is 14.4. The molecule has 2 aromatic rings. The molecule has 6 nitrogen and oxygen atoms in total. The Morgan fingerprint density at radius 1 is 1.17 bits per heavy atom. The van der Waals surface area contributed by atoms with Crippen LogP contribution in [0.2, 0.25) is 0 Å². The molecule has 0 radical (unpaired) electrons. The van der Waals surface area contributed by atoms with Gasteiger partial charge in [0.25, 0.3) is 0 Å². The first kappa shape index (κ1) is 17.3. The fourth-order valence-corrected chi connectivity index (χ4v) is 2.29. The summed E-state index contributed by atoms with van der Waals surface area (Å²) in [7, 11) is 3.31. The van der Waals surface area contributed by atoms with E-state index < -0.39 is 0 Å². The molecule has 6 heteroatoms. The van der Waals surface area contributed by atoms with Gasteiger partial charge in [-0.2, -0.15) is 4.98 Å². The molecule has 0 aliphatic heterocycles. The van der Waals surface area contributed by atoms with Crippen molar-refractivity contribution in [2.45, 2.75) is 39.2 Å². The summed E-state index contributed by atoms with van der Waals surface area (Å²) in [6.45, 7) is 6.93. The highest BCUT2D eigenvalue weighted by molar-refractivity contribution is 5.42. The normalized spacial score (nSPS) is 12.4. The number of hydrogen-bond acceptors (Lipinski definition) is 6. The number of methoxy groups -OCH3 is 2. The SMILES string of the molecule is COc1ccc(C(C)NCCc2nc(C(C)C)no2)c(OC)c1. The molecule has 0 bridgehead atoms. The molecule has 0 aliphatic carbocycles. The summed E-state index contributed by atoms with van der Waals surface area (Å²) in [6, 6.07) is 5.98. The molecule has 1 aromatic heterocycles. The summed E-state index contributed by atoms with van der Waals surface area (Å²) in [5.41, 5.74) is 1.08. The summed E-state index contributed by atoms with van der Waals surface area (Å²) in [5, 5.41) is 7.42. The Morgan fingerprint density at radius 2 is 1.96 bits per heavy atom. The first-order chi connectivity index (χ1) is 11.0. The van der Waals surface area contributed by atoms with Gasteiger partial charge in [-0.3, -0.25) is 0 Å². The van der Waals surface area contributed by atoms with E-state index in [1.54, 1.807) is 14.2 Å². The zero-order valence-electron chi connectivity index (χ0n) is 14.4. The van der Waals surface area contributed by atoms with Crippen molar-refractivity contribution in [1.82, 2.24) is 15.5 Å². The van der Waals surface area contributed by atoms with Crippen LogP contribution in [-0.4, -0.2) is 30.9 Å². The number of aromatic nitrogens is 2. The highest BCUT2D eigenvalue weighted by atomic mass is 16.5. The van der Waals surface area contributed by atoms with Crippen molar-refractivity contribution in [3.05, 3.63) is 35.5 Å². The summed E-state index contributed by atoms with van der Waals surface area (Å²) >= 11 is 0. The van der Waals surface area contributed by atoms with Crippen LogP contribution < -0.4 is 14.8 Å². The van der Waals surface area contributed by atoms with Crippen molar-refractivity contribution in [1.29, 1.82) is 0 Å². The van der Waals surface area contributed by atoms with E-state index in [4.69, 9.17) is 14.0 Å². The van der Waals surface area contributed by atoms with Crippen LogP contribution in [0.15, 0.2) is 22.7 Å². The predicted octanol–water partition coefficient (Wildman–Crippen LogP) is 3.10. The molecule has 0 spiro atoms. The number of rotatable bonds is 8. The Bertz CT molecular complexity index is 625. The molecule has 0 saturated carbocycles. The van der Waals surface area contributed by atoms with Crippen LogP contribution >= 0.6 is 0 Å². The second-order valence-corrected chi connectivity index (χ2v) is 5.73. The quantitative estimate of drug-likeness (QED) is 0.806. The lowest BCUT2D eigenvalue weighted by atomic mass is 10.1. The van der Waals surface area contributed by atoms with Crippen LogP contribution in [0.5, 0.6) is 11.5 Å². The van der Waals surface area contributed by atoms with Gasteiger partial charge in [0.2, 0.25) is 5.89 Å². The molecular formula is C17H25N3O3. The maximum Gasteiger partial charge on any atom is 0.227 e. The minimum atomic E-state index is 0.142. The largest absolute Gasteiger partial charge is 0.497 e. The molecule has 2 rings (SSSR count). The summed E-state index contributed by atoms with van der Waals surface area (Å²) < 4.78 is 15.9. The van der Waals surface area contributed by atoms with Crippen molar-refractivity contribution in [3.63, 3.8) is 0 Å². The van der Waals surface area contributed by atoms with Gasteiger partial charge in [0, 0.05) is 36.6 Å². The Morgan fingerprint density at radius 3 is 2.57 bits per heavy atom. The average molecular weight is 319 g/mol. The number of benzene rings is 1. The maximum absolute atomic E-state index is 5.44. The Labute approximate surface area is 137 Å². The molecule has 0 saturated heterocycles. The van der Waals surface area contributed by atoms with Crippen LogP contribution in [-0.2, 0) is 6.42 Å². The highest BCUT2D eigenvalue weighted by Crippen LogP contribution is 2.29. The molecule has 1 unspecified atom stereocenters. The second-order valence-electron chi connectivity index (χ2n) is 5.73. The molecule has 126 valence electrons. The van der Waals surface area contributed by atoms with Crippen molar-refractivity contribution in [2.75, 3.05) is 20.8 Å². The van der Waals surface area contributed by atoms with Crippen molar-refractivity contribution < 1.29 is 14.0 Å². The Balaban J connectivity index is 1.92. The first-order valence-electron chi connectivity index (χ1n) is 7.83. The third kappa shape index (κ3) is 4.45.